The van der Waals surface area contributed by atoms with Crippen LogP contribution in [-0.2, 0) is 47.5 Å². The van der Waals surface area contributed by atoms with E-state index in [4.69, 9.17) is 17.2 Å². The van der Waals surface area contributed by atoms with Gasteiger partial charge in [0, 0.05) is 0 Å². The molecule has 0 radical (unpaired) electrons. The Balaban J connectivity index is -0.0000000225. The molecule has 0 heterocycles. The van der Waals surface area contributed by atoms with Crippen LogP contribution < -0.4 is 0 Å². The molecule has 0 saturated carbocycles. The molecule has 0 aliphatic heterocycles. The van der Waals surface area contributed by atoms with Gasteiger partial charge in [-0.1, -0.05) is 0 Å². The van der Waals surface area contributed by atoms with Crippen LogP contribution in [0.3, 0.4) is 0 Å². The van der Waals surface area contributed by atoms with Crippen molar-refractivity contribution in [1.29, 1.82) is 0 Å². The van der Waals surface area contributed by atoms with Gasteiger partial charge in [0.1, 0.15) is 0 Å². The summed E-state index contributed by atoms with van der Waals surface area (Å²) in [6.07, 6.45) is 0. The van der Waals surface area contributed by atoms with Crippen LogP contribution in [0.15, 0.2) is 0 Å². The Kier molecular flexibility index (Phi) is 426. The van der Waals surface area contributed by atoms with E-state index in [0.717, 1.165) is 40.8 Å². The molecule has 0 unspecified atom stereocenters. The first kappa shape index (κ1) is 15.8. The van der Waals surface area contributed by atoms with Crippen LogP contribution in [-0.4, -0.2) is 10.5 Å². The first-order valence-electron chi connectivity index (χ1n) is 0.608. The first-order valence-corrected chi connectivity index (χ1v) is 1.88. The van der Waals surface area contributed by atoms with E-state index in [0.29, 0.717) is 0 Å². The van der Waals surface area contributed by atoms with Crippen LogP contribution in [0, 0.1) is 0 Å². The predicted molar refractivity (Wildman–Crippen MR) is 6.63 cm³/mol. The molecular formula is H2O4Ti2. The molecule has 0 aliphatic rings. The molecule has 6 heteroatoms. The van der Waals surface area contributed by atoms with E-state index in [-0.39, 0.29) is 0 Å². The fourth-order valence-corrected chi connectivity index (χ4v) is 0. The van der Waals surface area contributed by atoms with Crippen LogP contribution in [0.25, 0.3) is 0 Å². The van der Waals surface area contributed by atoms with E-state index in [9.17, 15) is 0 Å². The fourth-order valence-electron chi connectivity index (χ4n) is 0. The molecule has 0 aliphatic carbocycles. The third kappa shape index (κ3) is 85.7. The van der Waals surface area contributed by atoms with Gasteiger partial charge >= 0.3 is 47.5 Å². The van der Waals surface area contributed by atoms with Crippen molar-refractivity contribution in [3.05, 3.63) is 0 Å². The van der Waals surface area contributed by atoms with Crippen molar-refractivity contribution in [3.63, 3.8) is 0 Å². The van der Waals surface area contributed by atoms with Crippen molar-refractivity contribution in [2.24, 2.45) is 0 Å². The summed E-state index contributed by atoms with van der Waals surface area (Å²) < 4.78 is 16.5. The van der Waals surface area contributed by atoms with Gasteiger partial charge in [0.05, 0.1) is 0 Å². The molecule has 0 aromatic rings. The minimum absolute atomic E-state index is 0.750. The van der Waals surface area contributed by atoms with E-state index in [1.54, 1.807) is 0 Å². The molecule has 0 aromatic heterocycles. The number of rotatable bonds is 0. The summed E-state index contributed by atoms with van der Waals surface area (Å²) in [4.78, 5) is 0. The van der Waals surface area contributed by atoms with Crippen LogP contribution >= 0.6 is 0 Å². The van der Waals surface area contributed by atoms with Crippen molar-refractivity contribution in [2.75, 3.05) is 0 Å². The summed E-state index contributed by atoms with van der Waals surface area (Å²) in [5.41, 5.74) is 0. The second-order valence-electron chi connectivity index (χ2n) is 0. The topological polar surface area (TPSA) is 74.6 Å². The molecule has 6 heavy (non-hydrogen) atoms. The quantitative estimate of drug-likeness (QED) is 0.293. The van der Waals surface area contributed by atoms with E-state index in [1.807, 2.05) is 0 Å². The normalized spacial score (nSPS) is 2.00. The van der Waals surface area contributed by atoms with Gasteiger partial charge in [-0.2, -0.15) is 0 Å². The molecule has 0 spiro atoms. The molecule has 0 saturated heterocycles. The van der Waals surface area contributed by atoms with Gasteiger partial charge in [0.2, 0.25) is 0 Å². The molecule has 0 bridgehead atoms. The summed E-state index contributed by atoms with van der Waals surface area (Å²) in [6, 6.07) is 0. The molecule has 0 atom stereocenters. The maximum absolute atomic E-state index is 8.25. The van der Waals surface area contributed by atoms with E-state index in [2.05, 4.69) is 0 Å². The monoisotopic (exact) mass is 162 g/mol. The zero-order valence-corrected chi connectivity index (χ0v) is 5.83. The predicted octanol–water partition coefficient (Wildman–Crippen LogP) is -0.225. The third-order valence-corrected chi connectivity index (χ3v) is 0. The number of hydrogen-bond donors (Lipinski definition) is 2. The molecule has 0 amide bonds. The number of hydrogen-bond acceptors (Lipinski definition) is 4. The Labute approximate surface area is 57.9 Å². The molecule has 0 aromatic carbocycles. The van der Waals surface area contributed by atoms with E-state index in [1.165, 1.54) is 0 Å². The van der Waals surface area contributed by atoms with Gasteiger partial charge in [-0.15, -0.1) is 0 Å². The maximum atomic E-state index is 8.25. The van der Waals surface area contributed by atoms with Crippen LogP contribution in [0.1, 0.15) is 0 Å². The van der Waals surface area contributed by atoms with Gasteiger partial charge in [-0.05, 0) is 0 Å². The minimum atomic E-state index is 0.750. The van der Waals surface area contributed by atoms with E-state index >= 15 is 0 Å². The van der Waals surface area contributed by atoms with Crippen molar-refractivity contribution >= 4 is 0 Å². The van der Waals surface area contributed by atoms with Crippen molar-refractivity contribution in [1.82, 2.24) is 0 Å². The summed E-state index contributed by atoms with van der Waals surface area (Å²) in [7, 11) is 0. The third-order valence-electron chi connectivity index (χ3n) is 0. The van der Waals surface area contributed by atoms with Crippen molar-refractivity contribution in [2.45, 2.75) is 0 Å². The van der Waals surface area contributed by atoms with Crippen molar-refractivity contribution < 1.29 is 58.0 Å². The summed E-state index contributed by atoms with van der Waals surface area (Å²) in [5.74, 6) is 0. The van der Waals surface area contributed by atoms with Crippen LogP contribution in [0.4, 0.5) is 0 Å². The fraction of sp³-hybridized carbons (Fsp3) is 0. The zero-order chi connectivity index (χ0) is 6.00. The van der Waals surface area contributed by atoms with Gasteiger partial charge in [0.15, 0.2) is 0 Å². The van der Waals surface area contributed by atoms with Gasteiger partial charge in [0.25, 0.3) is 0 Å². The molecule has 34 valence electrons. The SMILES string of the molecule is OO.[O]=[Ti].[O]=[Ti]. The van der Waals surface area contributed by atoms with Gasteiger partial charge < -0.3 is 0 Å². The van der Waals surface area contributed by atoms with Crippen LogP contribution in [0.5, 0.6) is 0 Å². The first-order chi connectivity index (χ1) is 3.00. The zero-order valence-electron chi connectivity index (χ0n) is 2.71. The van der Waals surface area contributed by atoms with Gasteiger partial charge in [-0.3, -0.25) is 10.5 Å². The average Bonchev–Trinajstić information content (AvgIpc) is 1.81. The summed E-state index contributed by atoms with van der Waals surface area (Å²) >= 11 is 1.50. The summed E-state index contributed by atoms with van der Waals surface area (Å²) in [6.45, 7) is 0. The molecule has 0 rings (SSSR count). The van der Waals surface area contributed by atoms with Gasteiger partial charge in [-0.25, -0.2) is 0 Å². The Morgan fingerprint density at radius 1 is 0.833 bits per heavy atom. The molecule has 2 N–H and O–H groups in total. The Morgan fingerprint density at radius 3 is 0.833 bits per heavy atom. The Hall–Kier alpha value is 0.949. The second-order valence-corrected chi connectivity index (χ2v) is 0. The molecule has 4 nitrogen and oxygen atoms in total. The standard InChI is InChI=1S/H2O2.2O.2Ti/c1-2;;;;/h1-2H;;;;. The average molecular weight is 162 g/mol. The van der Waals surface area contributed by atoms with Crippen molar-refractivity contribution in [3.8, 4) is 0 Å². The van der Waals surface area contributed by atoms with Crippen LogP contribution in [0.2, 0.25) is 0 Å². The Morgan fingerprint density at radius 2 is 0.833 bits per heavy atom. The summed E-state index contributed by atoms with van der Waals surface area (Å²) in [5, 5.41) is 12.0. The second kappa shape index (κ2) is 162. The molecule has 0 fully saturated rings. The van der Waals surface area contributed by atoms with E-state index < -0.39 is 0 Å². The Bertz CT molecular complexity index is 7.51. The molecular weight excluding hydrogens is 160 g/mol.